The van der Waals surface area contributed by atoms with Gasteiger partial charge in [0.1, 0.15) is 5.70 Å². The number of amides is 1. The van der Waals surface area contributed by atoms with E-state index in [-0.39, 0.29) is 23.6 Å². The highest BCUT2D eigenvalue weighted by atomic mass is 32.2. The zero-order valence-corrected chi connectivity index (χ0v) is 12.1. The van der Waals surface area contributed by atoms with Gasteiger partial charge >= 0.3 is 5.97 Å². The molecule has 0 aromatic carbocycles. The number of carboxylic acids is 1. The van der Waals surface area contributed by atoms with Crippen LogP contribution in [-0.2, 0) is 9.59 Å². The van der Waals surface area contributed by atoms with Gasteiger partial charge in [0.05, 0.1) is 18.1 Å². The topological polar surface area (TPSA) is 77.8 Å². The minimum atomic E-state index is -1.05. The molecule has 19 heavy (non-hydrogen) atoms. The highest BCUT2D eigenvalue weighted by molar-refractivity contribution is 8.03. The number of hydrogen-bond acceptors (Lipinski definition) is 4. The van der Waals surface area contributed by atoms with Crippen LogP contribution in [0.3, 0.4) is 0 Å². The van der Waals surface area contributed by atoms with Crippen molar-refractivity contribution in [1.82, 2.24) is 4.90 Å². The molecule has 0 aromatic heterocycles. The summed E-state index contributed by atoms with van der Waals surface area (Å²) in [6, 6.07) is -0.196. The molecule has 4 atom stereocenters. The van der Waals surface area contributed by atoms with E-state index in [0.29, 0.717) is 0 Å². The van der Waals surface area contributed by atoms with E-state index in [0.717, 1.165) is 17.1 Å². The molecule has 0 spiro atoms. The predicted octanol–water partition coefficient (Wildman–Crippen LogP) is 1.28. The minimum Gasteiger partial charge on any atom is -0.477 e. The van der Waals surface area contributed by atoms with Crippen LogP contribution in [0.4, 0.5) is 0 Å². The number of nitrogens with zero attached hydrogens (tertiary/aromatic N) is 1. The van der Waals surface area contributed by atoms with Crippen molar-refractivity contribution < 1.29 is 19.8 Å². The van der Waals surface area contributed by atoms with E-state index in [1.54, 1.807) is 6.92 Å². The van der Waals surface area contributed by atoms with Crippen molar-refractivity contribution in [2.24, 2.45) is 11.8 Å². The second kappa shape index (κ2) is 5.17. The Morgan fingerprint density at radius 3 is 2.63 bits per heavy atom. The third-order valence-electron chi connectivity index (χ3n) is 3.77. The van der Waals surface area contributed by atoms with E-state index in [2.05, 4.69) is 0 Å². The fourth-order valence-corrected chi connectivity index (χ4v) is 4.08. The molecule has 2 rings (SSSR count). The zero-order chi connectivity index (χ0) is 14.3. The zero-order valence-electron chi connectivity index (χ0n) is 11.3. The van der Waals surface area contributed by atoms with Gasteiger partial charge in [-0.25, -0.2) is 4.79 Å². The molecule has 1 saturated heterocycles. The molecule has 5 nitrogen and oxygen atoms in total. The quantitative estimate of drug-likeness (QED) is 0.744. The van der Waals surface area contributed by atoms with E-state index in [1.165, 1.54) is 16.7 Å². The predicted molar refractivity (Wildman–Crippen MR) is 72.4 cm³/mol. The van der Waals surface area contributed by atoms with E-state index >= 15 is 0 Å². The number of aliphatic carboxylic acids is 1. The van der Waals surface area contributed by atoms with E-state index in [1.807, 2.05) is 13.8 Å². The maximum atomic E-state index is 12.0. The third kappa shape index (κ3) is 2.07. The maximum Gasteiger partial charge on any atom is 0.353 e. The molecule has 0 bridgehead atoms. The molecule has 0 aromatic rings. The summed E-state index contributed by atoms with van der Waals surface area (Å²) < 4.78 is 0. The summed E-state index contributed by atoms with van der Waals surface area (Å²) in [5, 5.41) is 19.0. The van der Waals surface area contributed by atoms with Gasteiger partial charge in [0, 0.05) is 10.8 Å². The van der Waals surface area contributed by atoms with Crippen molar-refractivity contribution in [3.05, 3.63) is 10.6 Å². The highest BCUT2D eigenvalue weighted by Gasteiger charge is 2.59. The molecule has 2 aliphatic rings. The van der Waals surface area contributed by atoms with Gasteiger partial charge in [-0.15, -0.1) is 11.8 Å². The lowest BCUT2D eigenvalue weighted by molar-refractivity contribution is -0.163. The van der Waals surface area contributed by atoms with Gasteiger partial charge in [0.25, 0.3) is 0 Å². The number of β-lactam (4-membered cyclic amide) rings is 1. The molecular formula is C13H19NO4S. The van der Waals surface area contributed by atoms with Gasteiger partial charge in [-0.3, -0.25) is 4.79 Å². The fraction of sp³-hybridized carbons (Fsp3) is 0.692. The van der Waals surface area contributed by atoms with Crippen LogP contribution in [0.2, 0.25) is 0 Å². The first-order chi connectivity index (χ1) is 8.91. The van der Waals surface area contributed by atoms with Gasteiger partial charge in [-0.2, -0.15) is 0 Å². The monoisotopic (exact) mass is 285 g/mol. The first-order valence-electron chi connectivity index (χ1n) is 6.53. The highest BCUT2D eigenvalue weighted by Crippen LogP contribution is 2.50. The number of thioether (sulfide) groups is 1. The summed E-state index contributed by atoms with van der Waals surface area (Å²) in [5.74, 6) is -0.962. The average Bonchev–Trinajstić information content (AvgIpc) is 2.56. The van der Waals surface area contributed by atoms with E-state index in [9.17, 15) is 19.8 Å². The van der Waals surface area contributed by atoms with Crippen LogP contribution >= 0.6 is 11.8 Å². The fourth-order valence-electron chi connectivity index (χ4n) is 2.93. The SMILES string of the molecule is CCCSC1=C(C(=O)O)N2C(=O)C(C(C)O)C2C1C. The van der Waals surface area contributed by atoms with Crippen molar-refractivity contribution in [1.29, 1.82) is 0 Å². The Labute approximate surface area is 116 Å². The third-order valence-corrected chi connectivity index (χ3v) is 5.26. The van der Waals surface area contributed by atoms with Crippen LogP contribution in [-0.4, -0.2) is 44.9 Å². The van der Waals surface area contributed by atoms with Crippen LogP contribution in [0.25, 0.3) is 0 Å². The molecule has 106 valence electrons. The number of aliphatic hydroxyl groups excluding tert-OH is 1. The number of aliphatic hydroxyl groups is 1. The lowest BCUT2D eigenvalue weighted by Gasteiger charge is -2.46. The molecule has 2 heterocycles. The van der Waals surface area contributed by atoms with Gasteiger partial charge in [0.15, 0.2) is 0 Å². The van der Waals surface area contributed by atoms with Crippen LogP contribution in [0, 0.1) is 11.8 Å². The normalized spacial score (nSPS) is 31.3. The molecule has 0 aliphatic carbocycles. The summed E-state index contributed by atoms with van der Waals surface area (Å²) >= 11 is 1.52. The molecule has 6 heteroatoms. The Morgan fingerprint density at radius 1 is 1.53 bits per heavy atom. The Morgan fingerprint density at radius 2 is 2.16 bits per heavy atom. The lowest BCUT2D eigenvalue weighted by Crippen LogP contribution is -2.63. The van der Waals surface area contributed by atoms with Crippen LogP contribution in [0.5, 0.6) is 0 Å². The van der Waals surface area contributed by atoms with Gasteiger partial charge in [-0.05, 0) is 19.1 Å². The average molecular weight is 285 g/mol. The van der Waals surface area contributed by atoms with Crippen molar-refractivity contribution >= 4 is 23.6 Å². The van der Waals surface area contributed by atoms with Crippen LogP contribution in [0.15, 0.2) is 10.6 Å². The number of fused-ring (bicyclic) bond motifs is 1. The van der Waals surface area contributed by atoms with Crippen molar-refractivity contribution in [3.63, 3.8) is 0 Å². The van der Waals surface area contributed by atoms with Crippen LogP contribution in [0.1, 0.15) is 27.2 Å². The molecule has 1 amide bonds. The molecule has 2 aliphatic heterocycles. The van der Waals surface area contributed by atoms with Crippen LogP contribution < -0.4 is 0 Å². The van der Waals surface area contributed by atoms with E-state index < -0.39 is 18.0 Å². The molecule has 0 radical (unpaired) electrons. The summed E-state index contributed by atoms with van der Waals surface area (Å²) in [4.78, 5) is 25.6. The Kier molecular flexibility index (Phi) is 3.92. The summed E-state index contributed by atoms with van der Waals surface area (Å²) in [6.07, 6.45) is 0.216. The van der Waals surface area contributed by atoms with Gasteiger partial charge < -0.3 is 15.1 Å². The second-order valence-corrected chi connectivity index (χ2v) is 6.26. The summed E-state index contributed by atoms with van der Waals surface area (Å²) in [5.41, 5.74) is 0.123. The first-order valence-corrected chi connectivity index (χ1v) is 7.51. The number of hydrogen-bond donors (Lipinski definition) is 2. The Balaban J connectivity index is 2.32. The largest absolute Gasteiger partial charge is 0.477 e. The smallest absolute Gasteiger partial charge is 0.353 e. The molecule has 0 saturated carbocycles. The molecule has 1 fully saturated rings. The number of rotatable bonds is 5. The molecular weight excluding hydrogens is 266 g/mol. The second-order valence-electron chi connectivity index (χ2n) is 5.12. The first kappa shape index (κ1) is 14.4. The van der Waals surface area contributed by atoms with Gasteiger partial charge in [-0.1, -0.05) is 13.8 Å². The van der Waals surface area contributed by atoms with Crippen molar-refractivity contribution in [3.8, 4) is 0 Å². The number of carboxylic acid groups (broad SMARTS) is 1. The van der Waals surface area contributed by atoms with Crippen molar-refractivity contribution in [2.75, 3.05) is 5.75 Å². The van der Waals surface area contributed by atoms with Crippen molar-refractivity contribution in [2.45, 2.75) is 39.3 Å². The minimum absolute atomic E-state index is 0.0139. The number of carbonyl (C=O) groups is 2. The van der Waals surface area contributed by atoms with Gasteiger partial charge in [0.2, 0.25) is 5.91 Å². The maximum absolute atomic E-state index is 12.0. The Hall–Kier alpha value is -1.01. The standard InChI is InChI=1S/C13H19NO4S/c1-4-5-19-11-6(2)9-8(7(3)15)12(16)14(9)10(11)13(17)18/h6-9,15H,4-5H2,1-3H3,(H,17,18). The van der Waals surface area contributed by atoms with E-state index in [4.69, 9.17) is 0 Å². The molecule has 2 N–H and O–H groups in total. The lowest BCUT2D eigenvalue weighted by atomic mass is 9.79. The summed E-state index contributed by atoms with van der Waals surface area (Å²) in [6.45, 7) is 5.56. The Bertz CT molecular complexity index is 446. The molecule has 4 unspecified atom stereocenters. The number of carbonyl (C=O) groups excluding carboxylic acids is 1. The summed E-state index contributed by atoms with van der Waals surface area (Å²) in [7, 11) is 0.